The summed E-state index contributed by atoms with van der Waals surface area (Å²) in [6, 6.07) is 14.0. The van der Waals surface area contributed by atoms with E-state index in [1.165, 1.54) is 13.2 Å². The van der Waals surface area contributed by atoms with Crippen LogP contribution in [0, 0.1) is 11.3 Å². The van der Waals surface area contributed by atoms with E-state index in [2.05, 4.69) is 15.9 Å². The molecule has 0 bridgehead atoms. The Hall–Kier alpha value is -2.58. The van der Waals surface area contributed by atoms with Crippen molar-refractivity contribution in [1.29, 1.82) is 5.26 Å². The summed E-state index contributed by atoms with van der Waals surface area (Å²) in [5.74, 6) is 0.887. The molecule has 2 aromatic carbocycles. The molecule has 0 atom stereocenters. The number of allylic oxidation sites excluding steroid dienone is 1. The van der Waals surface area contributed by atoms with E-state index >= 15 is 0 Å². The van der Waals surface area contributed by atoms with Gasteiger partial charge in [-0.25, -0.2) is 0 Å². The second-order valence-corrected chi connectivity index (χ2v) is 5.53. The number of methoxy groups -OCH3 is 2. The maximum Gasteiger partial charge on any atom is 0.203 e. The van der Waals surface area contributed by atoms with E-state index in [4.69, 9.17) is 9.47 Å². The van der Waals surface area contributed by atoms with Gasteiger partial charge >= 0.3 is 0 Å². The zero-order valence-corrected chi connectivity index (χ0v) is 14.3. The Bertz CT molecular complexity index is 789. The van der Waals surface area contributed by atoms with Gasteiger partial charge < -0.3 is 9.47 Å². The van der Waals surface area contributed by atoms with E-state index in [1.807, 2.05) is 12.1 Å². The number of halogens is 1. The normalized spacial score (nSPS) is 10.8. The number of nitrogens with zero attached hydrogens (tertiary/aromatic N) is 1. The molecule has 0 saturated carbocycles. The minimum absolute atomic E-state index is 0.0339. The number of carbonyl (C=O) groups is 1. The number of Topliss-reactive ketones (excluding diaryl/α,β-unsaturated/α-hetero) is 1. The first kappa shape index (κ1) is 16.8. The monoisotopic (exact) mass is 371 g/mol. The molecule has 0 amide bonds. The van der Waals surface area contributed by atoms with Crippen molar-refractivity contribution >= 4 is 27.8 Å². The maximum atomic E-state index is 12.5. The lowest BCUT2D eigenvalue weighted by molar-refractivity contribution is 0.104. The minimum atomic E-state index is -0.350. The van der Waals surface area contributed by atoms with E-state index in [9.17, 15) is 10.1 Å². The van der Waals surface area contributed by atoms with Crippen LogP contribution in [0.15, 0.2) is 52.5 Å². The number of ketones is 1. The van der Waals surface area contributed by atoms with Gasteiger partial charge in [-0.3, -0.25) is 4.79 Å². The van der Waals surface area contributed by atoms with Crippen LogP contribution in [-0.2, 0) is 0 Å². The van der Waals surface area contributed by atoms with Crippen LogP contribution in [-0.4, -0.2) is 20.0 Å². The van der Waals surface area contributed by atoms with Crippen molar-refractivity contribution < 1.29 is 14.3 Å². The number of hydrogen-bond acceptors (Lipinski definition) is 4. The van der Waals surface area contributed by atoms with Crippen LogP contribution in [0.5, 0.6) is 11.5 Å². The minimum Gasteiger partial charge on any atom is -0.497 e. The lowest BCUT2D eigenvalue weighted by Crippen LogP contribution is -2.02. The Morgan fingerprint density at radius 1 is 1.13 bits per heavy atom. The molecule has 23 heavy (non-hydrogen) atoms. The van der Waals surface area contributed by atoms with Crippen molar-refractivity contribution in [3.63, 3.8) is 0 Å². The molecule has 0 aromatic heterocycles. The SMILES string of the molecule is COc1ccc(C(=O)C(C#N)=Cc2cc(Br)ccc2OC)cc1. The van der Waals surface area contributed by atoms with Crippen molar-refractivity contribution in [2.45, 2.75) is 0 Å². The largest absolute Gasteiger partial charge is 0.497 e. The first-order chi connectivity index (χ1) is 11.1. The van der Waals surface area contributed by atoms with E-state index in [0.29, 0.717) is 22.6 Å². The van der Waals surface area contributed by atoms with Crippen LogP contribution in [0.2, 0.25) is 0 Å². The third kappa shape index (κ3) is 3.99. The second kappa shape index (κ2) is 7.61. The molecule has 0 radical (unpaired) electrons. The van der Waals surface area contributed by atoms with E-state index in [-0.39, 0.29) is 11.4 Å². The standard InChI is InChI=1S/C18H14BrNO3/c1-22-16-6-3-12(4-7-16)18(21)14(11-20)9-13-10-15(19)5-8-17(13)23-2/h3-10H,1-2H3. The van der Waals surface area contributed by atoms with Crippen LogP contribution in [0.4, 0.5) is 0 Å². The Kier molecular flexibility index (Phi) is 5.56. The van der Waals surface area contributed by atoms with Crippen LogP contribution in [0.25, 0.3) is 6.08 Å². The molecule has 116 valence electrons. The number of ether oxygens (including phenoxy) is 2. The summed E-state index contributed by atoms with van der Waals surface area (Å²) in [6.45, 7) is 0. The lowest BCUT2D eigenvalue weighted by Gasteiger charge is -2.06. The molecule has 0 aliphatic carbocycles. The maximum absolute atomic E-state index is 12.5. The van der Waals surface area contributed by atoms with Gasteiger partial charge in [-0.15, -0.1) is 0 Å². The second-order valence-electron chi connectivity index (χ2n) is 4.61. The van der Waals surface area contributed by atoms with Gasteiger partial charge in [0, 0.05) is 15.6 Å². The van der Waals surface area contributed by atoms with E-state index < -0.39 is 0 Å². The van der Waals surface area contributed by atoms with Crippen molar-refractivity contribution in [2.75, 3.05) is 14.2 Å². The summed E-state index contributed by atoms with van der Waals surface area (Å²) in [5.41, 5.74) is 1.11. The van der Waals surface area contributed by atoms with Crippen LogP contribution >= 0.6 is 15.9 Å². The Labute approximate surface area is 143 Å². The molecule has 0 saturated heterocycles. The number of nitriles is 1. The highest BCUT2D eigenvalue weighted by Gasteiger charge is 2.13. The van der Waals surface area contributed by atoms with Gasteiger partial charge in [0.15, 0.2) is 0 Å². The number of rotatable bonds is 5. The van der Waals surface area contributed by atoms with Gasteiger partial charge in [0.05, 0.1) is 14.2 Å². The smallest absolute Gasteiger partial charge is 0.203 e. The van der Waals surface area contributed by atoms with Gasteiger partial charge in [0.1, 0.15) is 23.1 Å². The summed E-state index contributed by atoms with van der Waals surface area (Å²) in [4.78, 5) is 12.5. The molecular weight excluding hydrogens is 358 g/mol. The first-order valence-corrected chi connectivity index (χ1v) is 7.52. The predicted octanol–water partition coefficient (Wildman–Crippen LogP) is 4.26. The van der Waals surface area contributed by atoms with E-state index in [1.54, 1.807) is 43.5 Å². The molecule has 0 heterocycles. The Morgan fingerprint density at radius 2 is 1.83 bits per heavy atom. The van der Waals surface area contributed by atoms with Gasteiger partial charge in [0.25, 0.3) is 0 Å². The van der Waals surface area contributed by atoms with Gasteiger partial charge in [0.2, 0.25) is 5.78 Å². The van der Waals surface area contributed by atoms with Crippen molar-refractivity contribution in [3.8, 4) is 17.6 Å². The van der Waals surface area contributed by atoms with E-state index in [0.717, 1.165) is 4.47 Å². The molecule has 0 aliphatic heterocycles. The molecule has 2 rings (SSSR count). The molecule has 0 aliphatic rings. The Balaban J connectivity index is 2.40. The van der Waals surface area contributed by atoms with Crippen LogP contribution in [0.1, 0.15) is 15.9 Å². The average molecular weight is 372 g/mol. The summed E-state index contributed by atoms with van der Waals surface area (Å²) in [6.07, 6.45) is 1.52. The highest BCUT2D eigenvalue weighted by molar-refractivity contribution is 9.10. The fourth-order valence-electron chi connectivity index (χ4n) is 2.02. The molecule has 0 unspecified atom stereocenters. The summed E-state index contributed by atoms with van der Waals surface area (Å²) in [7, 11) is 3.09. The van der Waals surface area contributed by atoms with Gasteiger partial charge in [-0.05, 0) is 48.5 Å². The molecule has 0 N–H and O–H groups in total. The molecule has 2 aromatic rings. The number of benzene rings is 2. The predicted molar refractivity (Wildman–Crippen MR) is 91.6 cm³/mol. The zero-order valence-electron chi connectivity index (χ0n) is 12.7. The lowest BCUT2D eigenvalue weighted by atomic mass is 10.0. The van der Waals surface area contributed by atoms with Crippen molar-refractivity contribution in [2.24, 2.45) is 0 Å². The first-order valence-electron chi connectivity index (χ1n) is 6.73. The molecular formula is C18H14BrNO3. The quantitative estimate of drug-likeness (QED) is 0.447. The highest BCUT2D eigenvalue weighted by atomic mass is 79.9. The van der Waals surface area contributed by atoms with Crippen molar-refractivity contribution in [1.82, 2.24) is 0 Å². The van der Waals surface area contributed by atoms with Crippen molar-refractivity contribution in [3.05, 3.63) is 63.6 Å². The zero-order chi connectivity index (χ0) is 16.8. The number of carbonyl (C=O) groups excluding carboxylic acids is 1. The number of hydrogen-bond donors (Lipinski definition) is 0. The molecule has 5 heteroatoms. The van der Waals surface area contributed by atoms with Crippen LogP contribution in [0.3, 0.4) is 0 Å². The third-order valence-electron chi connectivity index (χ3n) is 3.21. The fraction of sp³-hybridized carbons (Fsp3) is 0.111. The van der Waals surface area contributed by atoms with Crippen LogP contribution < -0.4 is 9.47 Å². The summed E-state index contributed by atoms with van der Waals surface area (Å²) < 4.78 is 11.2. The highest BCUT2D eigenvalue weighted by Crippen LogP contribution is 2.26. The molecule has 0 spiro atoms. The summed E-state index contributed by atoms with van der Waals surface area (Å²) in [5, 5.41) is 9.34. The Morgan fingerprint density at radius 3 is 2.39 bits per heavy atom. The average Bonchev–Trinajstić information content (AvgIpc) is 2.59. The topological polar surface area (TPSA) is 59.3 Å². The fourth-order valence-corrected chi connectivity index (χ4v) is 2.40. The van der Waals surface area contributed by atoms with Gasteiger partial charge in [-0.2, -0.15) is 5.26 Å². The summed E-state index contributed by atoms with van der Waals surface area (Å²) >= 11 is 3.37. The molecule has 4 nitrogen and oxygen atoms in total. The van der Waals surface area contributed by atoms with Gasteiger partial charge in [-0.1, -0.05) is 15.9 Å². The third-order valence-corrected chi connectivity index (χ3v) is 3.70. The molecule has 0 fully saturated rings.